The molecule has 4 heterocycles. The monoisotopic (exact) mass is 651 g/mol. The topological polar surface area (TPSA) is 143 Å². The summed E-state index contributed by atoms with van der Waals surface area (Å²) in [5, 5.41) is 10.4. The van der Waals surface area contributed by atoms with E-state index in [2.05, 4.69) is 28.6 Å². The van der Waals surface area contributed by atoms with Gasteiger partial charge in [-0.2, -0.15) is 0 Å². The Morgan fingerprint density at radius 1 is 0.957 bits per heavy atom. The van der Waals surface area contributed by atoms with Crippen molar-refractivity contribution in [2.24, 2.45) is 0 Å². The van der Waals surface area contributed by atoms with E-state index in [0.717, 1.165) is 52.0 Å². The molecule has 0 unspecified atom stereocenters. The second-order valence-electron chi connectivity index (χ2n) is 12.3. The molecule has 13 heteroatoms. The van der Waals surface area contributed by atoms with Gasteiger partial charge >= 0.3 is 5.97 Å². The number of rotatable bonds is 14. The number of aryl methyl sites for hydroxylation is 1. The molecule has 47 heavy (non-hydrogen) atoms. The van der Waals surface area contributed by atoms with E-state index < -0.39 is 35.5 Å². The van der Waals surface area contributed by atoms with Gasteiger partial charge in [-0.05, 0) is 62.4 Å². The van der Waals surface area contributed by atoms with Crippen LogP contribution in [-0.2, 0) is 25.5 Å². The summed E-state index contributed by atoms with van der Waals surface area (Å²) < 4.78 is 29.0. The Kier molecular flexibility index (Phi) is 10.4. The van der Waals surface area contributed by atoms with Crippen LogP contribution in [0.5, 0.6) is 5.75 Å². The molecule has 3 saturated heterocycles. The quantitative estimate of drug-likeness (QED) is 0.0820. The third-order valence-electron chi connectivity index (χ3n) is 9.02. The van der Waals surface area contributed by atoms with Crippen LogP contribution in [-0.4, -0.2) is 111 Å². The zero-order chi connectivity index (χ0) is 32.9. The van der Waals surface area contributed by atoms with Crippen molar-refractivity contribution in [3.8, 4) is 5.75 Å². The van der Waals surface area contributed by atoms with Gasteiger partial charge < -0.3 is 38.0 Å². The molecular formula is C34H41N3O10. The van der Waals surface area contributed by atoms with Crippen LogP contribution < -0.4 is 4.74 Å². The lowest BCUT2D eigenvalue weighted by Crippen LogP contribution is -2.44. The molecule has 0 radical (unpaired) electrons. The van der Waals surface area contributed by atoms with E-state index in [1.165, 1.54) is 0 Å². The SMILES string of the molecule is CCCCc1oc2ccc(C(=O)O[C@@H]3CO[C@H]4[C@@H]3OC[C@@H]4O[N+](=O)[O-])cc2c1C(=O)c1ccc(OCCCN2CCN(C)CC2)cc1. The zero-order valence-corrected chi connectivity index (χ0v) is 26.8. The summed E-state index contributed by atoms with van der Waals surface area (Å²) in [6, 6.07) is 12.0. The van der Waals surface area contributed by atoms with Gasteiger partial charge in [0, 0.05) is 50.1 Å². The molecule has 6 rings (SSSR count). The number of hydrogen-bond donors (Lipinski definition) is 0. The van der Waals surface area contributed by atoms with Crippen LogP contribution in [0.15, 0.2) is 46.9 Å². The number of ketones is 1. The van der Waals surface area contributed by atoms with Crippen LogP contribution in [0.3, 0.4) is 0 Å². The van der Waals surface area contributed by atoms with Crippen molar-refractivity contribution in [2.75, 3.05) is 59.6 Å². The standard InChI is InChI=1S/C34H41N3O10/c1-3-4-6-27-30(31(38)22-7-10-24(11-8-22)42-18-5-13-36-16-14-35(2)15-17-36)25-19-23(9-12-26(25)45-27)34(39)46-28-20-43-33-29(47-37(40)41)21-44-32(28)33/h7-12,19,28-29,32-33H,3-6,13-18,20-21H2,1-2H3/t28-,29+,32-,33-/m1/s1. The average Bonchev–Trinajstić information content (AvgIpc) is 3.77. The average molecular weight is 652 g/mol. The Hall–Kier alpha value is -4.04. The van der Waals surface area contributed by atoms with Crippen molar-refractivity contribution < 1.29 is 42.9 Å². The Balaban J connectivity index is 1.13. The van der Waals surface area contributed by atoms with Gasteiger partial charge in [0.2, 0.25) is 0 Å². The van der Waals surface area contributed by atoms with Gasteiger partial charge in [-0.25, -0.2) is 4.79 Å². The third kappa shape index (κ3) is 7.59. The molecule has 0 saturated carbocycles. The highest BCUT2D eigenvalue weighted by Crippen LogP contribution is 2.33. The maximum absolute atomic E-state index is 13.9. The van der Waals surface area contributed by atoms with E-state index in [-0.39, 0.29) is 24.6 Å². The first kappa shape index (κ1) is 32.9. The van der Waals surface area contributed by atoms with Crippen LogP contribution in [0.4, 0.5) is 0 Å². The number of ether oxygens (including phenoxy) is 4. The second kappa shape index (κ2) is 14.8. The van der Waals surface area contributed by atoms with Gasteiger partial charge in [-0.15, -0.1) is 10.1 Å². The smallest absolute Gasteiger partial charge is 0.338 e. The van der Waals surface area contributed by atoms with Crippen molar-refractivity contribution in [3.63, 3.8) is 0 Å². The summed E-state index contributed by atoms with van der Waals surface area (Å²) in [5.74, 6) is 0.441. The number of piperazine rings is 1. The normalized spacial score (nSPS) is 23.1. The van der Waals surface area contributed by atoms with Gasteiger partial charge in [-0.1, -0.05) is 13.3 Å². The van der Waals surface area contributed by atoms with E-state index in [9.17, 15) is 19.7 Å². The lowest BCUT2D eigenvalue weighted by Gasteiger charge is -2.32. The predicted octanol–water partition coefficient (Wildman–Crippen LogP) is 3.92. The van der Waals surface area contributed by atoms with E-state index in [0.29, 0.717) is 46.6 Å². The second-order valence-corrected chi connectivity index (χ2v) is 12.3. The highest BCUT2D eigenvalue weighted by Gasteiger charge is 2.51. The third-order valence-corrected chi connectivity index (χ3v) is 9.02. The van der Waals surface area contributed by atoms with Crippen LogP contribution in [0.2, 0.25) is 0 Å². The number of carbonyl (C=O) groups excluding carboxylic acids is 2. The van der Waals surface area contributed by atoms with Crippen molar-refractivity contribution in [2.45, 2.75) is 57.0 Å². The summed E-state index contributed by atoms with van der Waals surface area (Å²) in [4.78, 5) is 47.4. The molecular weight excluding hydrogens is 610 g/mol. The molecule has 0 amide bonds. The number of carbonyl (C=O) groups is 2. The summed E-state index contributed by atoms with van der Waals surface area (Å²) in [7, 11) is 2.15. The number of furan rings is 1. The van der Waals surface area contributed by atoms with Gasteiger partial charge in [0.1, 0.15) is 29.3 Å². The maximum atomic E-state index is 13.9. The molecule has 0 N–H and O–H groups in total. The van der Waals surface area contributed by atoms with Crippen molar-refractivity contribution in [3.05, 3.63) is 75.0 Å². The number of unbranched alkanes of at least 4 members (excludes halogenated alkanes) is 1. The fourth-order valence-electron chi connectivity index (χ4n) is 6.37. The lowest BCUT2D eigenvalue weighted by atomic mass is 9.97. The fourth-order valence-corrected chi connectivity index (χ4v) is 6.37. The van der Waals surface area contributed by atoms with Gasteiger partial charge in [0.15, 0.2) is 18.0 Å². The number of esters is 1. The number of nitrogens with zero attached hydrogens (tertiary/aromatic N) is 3. The zero-order valence-electron chi connectivity index (χ0n) is 26.8. The van der Waals surface area contributed by atoms with Crippen LogP contribution in [0.1, 0.15) is 58.2 Å². The van der Waals surface area contributed by atoms with Gasteiger partial charge in [-0.3, -0.25) is 4.79 Å². The maximum Gasteiger partial charge on any atom is 0.338 e. The molecule has 3 aliphatic heterocycles. The molecule has 1 aromatic heterocycles. The van der Waals surface area contributed by atoms with E-state index in [4.69, 9.17) is 23.4 Å². The minimum absolute atomic E-state index is 0.0213. The van der Waals surface area contributed by atoms with E-state index in [1.54, 1.807) is 30.3 Å². The van der Waals surface area contributed by atoms with E-state index in [1.807, 2.05) is 12.1 Å². The molecule has 0 aliphatic carbocycles. The number of benzene rings is 2. The summed E-state index contributed by atoms with van der Waals surface area (Å²) in [6.07, 6.45) is 0.224. The molecule has 3 aromatic rings. The minimum Gasteiger partial charge on any atom is -0.494 e. The minimum atomic E-state index is -0.885. The number of likely N-dealkylation sites (N-methyl/N-ethyl adjacent to an activating group) is 1. The first-order valence-electron chi connectivity index (χ1n) is 16.3. The molecule has 13 nitrogen and oxygen atoms in total. The summed E-state index contributed by atoms with van der Waals surface area (Å²) in [6.45, 7) is 7.98. The van der Waals surface area contributed by atoms with Gasteiger partial charge in [0.05, 0.1) is 30.9 Å². The molecule has 0 bridgehead atoms. The first-order valence-corrected chi connectivity index (χ1v) is 16.3. The molecule has 252 valence electrons. The molecule has 3 aliphatic rings. The first-order chi connectivity index (χ1) is 22.8. The van der Waals surface area contributed by atoms with Crippen molar-refractivity contribution in [1.82, 2.24) is 9.80 Å². The van der Waals surface area contributed by atoms with Crippen molar-refractivity contribution >= 4 is 22.7 Å². The largest absolute Gasteiger partial charge is 0.494 e. The Labute approximate surface area is 272 Å². The Bertz CT molecular complexity index is 1570. The summed E-state index contributed by atoms with van der Waals surface area (Å²) in [5.41, 5.74) is 1.64. The van der Waals surface area contributed by atoms with Crippen LogP contribution in [0, 0.1) is 10.1 Å². The van der Waals surface area contributed by atoms with E-state index >= 15 is 0 Å². The Morgan fingerprint density at radius 3 is 2.38 bits per heavy atom. The molecule has 3 fully saturated rings. The number of hydrogen-bond acceptors (Lipinski definition) is 12. The predicted molar refractivity (Wildman–Crippen MR) is 169 cm³/mol. The lowest BCUT2D eigenvalue weighted by molar-refractivity contribution is -0.769. The number of fused-ring (bicyclic) bond motifs is 2. The van der Waals surface area contributed by atoms with Crippen molar-refractivity contribution in [1.29, 1.82) is 0 Å². The fraction of sp³-hybridized carbons (Fsp3) is 0.529. The van der Waals surface area contributed by atoms with Gasteiger partial charge in [0.25, 0.3) is 5.09 Å². The molecule has 0 spiro atoms. The molecule has 2 aromatic carbocycles. The van der Waals surface area contributed by atoms with Crippen LogP contribution >= 0.6 is 0 Å². The van der Waals surface area contributed by atoms with Crippen LogP contribution in [0.25, 0.3) is 11.0 Å². The molecule has 4 atom stereocenters. The highest BCUT2D eigenvalue weighted by molar-refractivity contribution is 6.17. The Morgan fingerprint density at radius 2 is 1.66 bits per heavy atom. The highest BCUT2D eigenvalue weighted by atomic mass is 17.0. The summed E-state index contributed by atoms with van der Waals surface area (Å²) >= 11 is 0.